The number of aliphatic carboxylic acids is 1. The maximum absolute atomic E-state index is 11.8. The fourth-order valence-electron chi connectivity index (χ4n) is 4.10. The maximum Gasteiger partial charge on any atom is 0.320 e. The molecule has 1 N–H and O–H groups in total. The predicted octanol–water partition coefficient (Wildman–Crippen LogP) is 5.62. The fourth-order valence-corrected chi connectivity index (χ4v) is 5.20. The van der Waals surface area contributed by atoms with Crippen molar-refractivity contribution >= 4 is 17.3 Å². The second kappa shape index (κ2) is 8.29. The standard InChI is InChI=1S/C24H25NO2S/c1-2-20-14-15-22(28-20)23(25-16-6-9-21(25)24(26)27)19-12-10-18(11-13-19)17-7-4-3-5-8-17/h3-5,7-8,10-15,21,23H,2,6,9,16H2,1H3,(H,26,27). The monoisotopic (exact) mass is 391 g/mol. The molecule has 3 nitrogen and oxygen atoms in total. The average molecular weight is 392 g/mol. The molecule has 0 aliphatic carbocycles. The summed E-state index contributed by atoms with van der Waals surface area (Å²) < 4.78 is 0. The van der Waals surface area contributed by atoms with E-state index in [2.05, 4.69) is 60.4 Å². The number of carboxylic acids is 1. The molecule has 1 fully saturated rings. The summed E-state index contributed by atoms with van der Waals surface area (Å²) in [6, 6.07) is 22.9. The van der Waals surface area contributed by atoms with E-state index >= 15 is 0 Å². The van der Waals surface area contributed by atoms with Crippen LogP contribution in [0.1, 0.15) is 41.1 Å². The Hall–Kier alpha value is -2.43. The Morgan fingerprint density at radius 2 is 1.79 bits per heavy atom. The molecule has 1 saturated heterocycles. The first-order valence-electron chi connectivity index (χ1n) is 9.90. The highest BCUT2D eigenvalue weighted by molar-refractivity contribution is 7.12. The Balaban J connectivity index is 1.72. The Bertz CT molecular complexity index is 933. The van der Waals surface area contributed by atoms with Gasteiger partial charge in [-0.2, -0.15) is 0 Å². The van der Waals surface area contributed by atoms with Crippen LogP contribution in [0.3, 0.4) is 0 Å². The topological polar surface area (TPSA) is 40.5 Å². The minimum Gasteiger partial charge on any atom is -0.480 e. The predicted molar refractivity (Wildman–Crippen MR) is 115 cm³/mol. The van der Waals surface area contributed by atoms with Crippen molar-refractivity contribution in [3.05, 3.63) is 82.0 Å². The number of nitrogens with zero attached hydrogens (tertiary/aromatic N) is 1. The number of carbonyl (C=O) groups is 1. The molecular formula is C24H25NO2S. The van der Waals surface area contributed by atoms with Crippen LogP contribution in [0, 0.1) is 0 Å². The van der Waals surface area contributed by atoms with Gasteiger partial charge in [-0.3, -0.25) is 9.69 Å². The third kappa shape index (κ3) is 3.75. The third-order valence-electron chi connectivity index (χ3n) is 5.54. The van der Waals surface area contributed by atoms with Gasteiger partial charge in [-0.05, 0) is 48.1 Å². The Morgan fingerprint density at radius 3 is 2.43 bits per heavy atom. The van der Waals surface area contributed by atoms with Gasteiger partial charge in [-0.25, -0.2) is 0 Å². The summed E-state index contributed by atoms with van der Waals surface area (Å²) in [5, 5.41) is 9.73. The molecule has 2 heterocycles. The molecule has 144 valence electrons. The second-order valence-electron chi connectivity index (χ2n) is 7.28. The first kappa shape index (κ1) is 18.9. The molecule has 28 heavy (non-hydrogen) atoms. The van der Waals surface area contributed by atoms with Gasteiger partial charge in [0.25, 0.3) is 0 Å². The van der Waals surface area contributed by atoms with E-state index in [0.717, 1.165) is 31.4 Å². The molecule has 4 rings (SSSR count). The zero-order valence-electron chi connectivity index (χ0n) is 16.0. The van der Waals surface area contributed by atoms with E-state index in [1.54, 1.807) is 11.3 Å². The summed E-state index contributed by atoms with van der Waals surface area (Å²) in [5.74, 6) is -0.712. The van der Waals surface area contributed by atoms with Gasteiger partial charge in [0.15, 0.2) is 0 Å². The number of rotatable bonds is 6. The molecule has 0 radical (unpaired) electrons. The highest BCUT2D eigenvalue weighted by Gasteiger charge is 2.37. The molecule has 3 aromatic rings. The van der Waals surface area contributed by atoms with Crippen molar-refractivity contribution in [1.82, 2.24) is 4.90 Å². The quantitative estimate of drug-likeness (QED) is 0.593. The molecule has 1 aromatic heterocycles. The van der Waals surface area contributed by atoms with Crippen molar-refractivity contribution in [3.63, 3.8) is 0 Å². The molecule has 0 spiro atoms. The van der Waals surface area contributed by atoms with E-state index in [1.807, 2.05) is 18.2 Å². The third-order valence-corrected chi connectivity index (χ3v) is 6.83. The fraction of sp³-hybridized carbons (Fsp3) is 0.292. The van der Waals surface area contributed by atoms with Crippen molar-refractivity contribution in [2.45, 2.75) is 38.3 Å². The molecule has 1 aliphatic heterocycles. The van der Waals surface area contributed by atoms with Crippen LogP contribution in [-0.4, -0.2) is 28.6 Å². The Morgan fingerprint density at radius 1 is 1.07 bits per heavy atom. The number of benzene rings is 2. The van der Waals surface area contributed by atoms with E-state index in [1.165, 1.54) is 20.9 Å². The zero-order chi connectivity index (χ0) is 19.5. The molecule has 0 saturated carbocycles. The van der Waals surface area contributed by atoms with Crippen molar-refractivity contribution < 1.29 is 9.90 Å². The normalized spacial score (nSPS) is 18.2. The molecule has 4 heteroatoms. The van der Waals surface area contributed by atoms with Crippen LogP contribution in [0.4, 0.5) is 0 Å². The highest BCUT2D eigenvalue weighted by atomic mass is 32.1. The number of hydrogen-bond acceptors (Lipinski definition) is 3. The zero-order valence-corrected chi connectivity index (χ0v) is 16.9. The van der Waals surface area contributed by atoms with Gasteiger partial charge in [0.1, 0.15) is 6.04 Å². The summed E-state index contributed by atoms with van der Waals surface area (Å²) >= 11 is 1.80. The summed E-state index contributed by atoms with van der Waals surface area (Å²) in [7, 11) is 0. The van der Waals surface area contributed by atoms with Gasteiger partial charge in [-0.15, -0.1) is 11.3 Å². The lowest BCUT2D eigenvalue weighted by Crippen LogP contribution is -2.39. The summed E-state index contributed by atoms with van der Waals surface area (Å²) in [6.45, 7) is 2.98. The van der Waals surface area contributed by atoms with Gasteiger partial charge >= 0.3 is 5.97 Å². The minimum atomic E-state index is -0.712. The number of aryl methyl sites for hydroxylation is 1. The van der Waals surface area contributed by atoms with E-state index in [0.29, 0.717) is 0 Å². The van der Waals surface area contributed by atoms with Crippen LogP contribution in [0.15, 0.2) is 66.7 Å². The van der Waals surface area contributed by atoms with Gasteiger partial charge in [-0.1, -0.05) is 61.5 Å². The lowest BCUT2D eigenvalue weighted by Gasteiger charge is -2.31. The van der Waals surface area contributed by atoms with E-state index in [-0.39, 0.29) is 6.04 Å². The lowest BCUT2D eigenvalue weighted by molar-refractivity contribution is -0.142. The van der Waals surface area contributed by atoms with Crippen molar-refractivity contribution in [2.24, 2.45) is 0 Å². The minimum absolute atomic E-state index is 0.00118. The van der Waals surface area contributed by atoms with Crippen molar-refractivity contribution in [2.75, 3.05) is 6.54 Å². The average Bonchev–Trinajstić information content (AvgIpc) is 3.40. The smallest absolute Gasteiger partial charge is 0.320 e. The van der Waals surface area contributed by atoms with E-state index in [9.17, 15) is 9.90 Å². The summed E-state index contributed by atoms with van der Waals surface area (Å²) in [6.07, 6.45) is 2.66. The first-order valence-corrected chi connectivity index (χ1v) is 10.7. The molecule has 0 amide bonds. The lowest BCUT2D eigenvalue weighted by atomic mass is 9.98. The van der Waals surface area contributed by atoms with Crippen LogP contribution in [-0.2, 0) is 11.2 Å². The summed E-state index contributed by atoms with van der Waals surface area (Å²) in [5.41, 5.74) is 3.54. The van der Waals surface area contributed by atoms with Gasteiger partial charge in [0, 0.05) is 16.3 Å². The maximum atomic E-state index is 11.8. The largest absolute Gasteiger partial charge is 0.480 e. The van der Waals surface area contributed by atoms with Gasteiger partial charge < -0.3 is 5.11 Å². The highest BCUT2D eigenvalue weighted by Crippen LogP contribution is 2.38. The van der Waals surface area contributed by atoms with Crippen LogP contribution in [0.2, 0.25) is 0 Å². The van der Waals surface area contributed by atoms with E-state index < -0.39 is 12.0 Å². The van der Waals surface area contributed by atoms with E-state index in [4.69, 9.17) is 0 Å². The Kier molecular flexibility index (Phi) is 5.60. The van der Waals surface area contributed by atoms with Crippen molar-refractivity contribution in [1.29, 1.82) is 0 Å². The number of likely N-dealkylation sites (tertiary alicyclic amines) is 1. The SMILES string of the molecule is CCc1ccc(C(c2ccc(-c3ccccc3)cc2)N2CCCC2C(=O)O)s1. The molecule has 1 aliphatic rings. The molecule has 2 aromatic carbocycles. The number of hydrogen-bond donors (Lipinski definition) is 1. The van der Waals surface area contributed by atoms with Crippen LogP contribution < -0.4 is 0 Å². The second-order valence-corrected chi connectivity index (χ2v) is 8.48. The van der Waals surface area contributed by atoms with Gasteiger partial charge in [0.05, 0.1) is 6.04 Å². The molecule has 2 atom stereocenters. The van der Waals surface area contributed by atoms with Crippen LogP contribution in [0.5, 0.6) is 0 Å². The molecule has 2 unspecified atom stereocenters. The molecular weight excluding hydrogens is 366 g/mol. The van der Waals surface area contributed by atoms with Crippen molar-refractivity contribution in [3.8, 4) is 11.1 Å². The number of carboxylic acid groups (broad SMARTS) is 1. The Labute approximate surface area is 170 Å². The van der Waals surface area contributed by atoms with Crippen LogP contribution in [0.25, 0.3) is 11.1 Å². The molecule has 0 bridgehead atoms. The first-order chi connectivity index (χ1) is 13.7. The summed E-state index contributed by atoms with van der Waals surface area (Å²) in [4.78, 5) is 16.6. The van der Waals surface area contributed by atoms with Gasteiger partial charge in [0.2, 0.25) is 0 Å². The number of thiophene rings is 1. The van der Waals surface area contributed by atoms with Crippen LogP contribution >= 0.6 is 11.3 Å².